The van der Waals surface area contributed by atoms with Crippen molar-refractivity contribution in [1.29, 1.82) is 0 Å². The molecule has 6 aromatic rings. The summed E-state index contributed by atoms with van der Waals surface area (Å²) in [5, 5.41) is 0. The number of para-hydroxylation sites is 4. The number of nitrogens with zero attached hydrogens (tertiary/aromatic N) is 2. The Morgan fingerprint density at radius 2 is 0.714 bits per heavy atom. The summed E-state index contributed by atoms with van der Waals surface area (Å²) in [4.78, 5) is 4.81. The summed E-state index contributed by atoms with van der Waals surface area (Å²) < 4.78 is 0. The van der Waals surface area contributed by atoms with Gasteiger partial charge < -0.3 is 9.80 Å². The van der Waals surface area contributed by atoms with E-state index in [1.807, 2.05) is 0 Å². The zero-order valence-corrected chi connectivity index (χ0v) is 34.4. The molecule has 56 heavy (non-hydrogen) atoms. The van der Waals surface area contributed by atoms with Gasteiger partial charge in [0.1, 0.15) is 0 Å². The molecular formula is C54H64N2. The first kappa shape index (κ1) is 40.6. The minimum absolute atomic E-state index is 0.500. The average molecular weight is 741 g/mol. The minimum atomic E-state index is 0.500. The standard InChI is InChI=1S/C54H64N2/c1-4-6-8-10-12-18-28-45(29-19-13-11-9-7-5-2)54-43-51(56(48-34-24-16-25-35-48)49-36-26-17-27-37-49)39-41-53(54)52-40-38-50(42-44(52)3)55(46-30-20-14-21-31-46)47-32-22-15-23-33-47/h14-17,20-27,30-43,45H,4-13,18-19,28-29H2,1-3H3. The molecule has 0 heterocycles. The van der Waals surface area contributed by atoms with Crippen molar-refractivity contribution in [2.75, 3.05) is 9.80 Å². The van der Waals surface area contributed by atoms with Crippen LogP contribution in [0.5, 0.6) is 0 Å². The molecule has 6 rings (SSSR count). The van der Waals surface area contributed by atoms with Gasteiger partial charge in [-0.2, -0.15) is 0 Å². The summed E-state index contributed by atoms with van der Waals surface area (Å²) in [6.07, 6.45) is 18.4. The highest BCUT2D eigenvalue weighted by Crippen LogP contribution is 2.44. The SMILES string of the molecule is CCCCCCCCC(CCCCCCCC)c1cc(N(c2ccccc2)c2ccccc2)ccc1-c1ccc(N(c2ccccc2)c2ccccc2)cc1C. The maximum atomic E-state index is 2.56. The van der Waals surface area contributed by atoms with Crippen LogP contribution in [-0.2, 0) is 0 Å². The summed E-state index contributed by atoms with van der Waals surface area (Å²) >= 11 is 0. The summed E-state index contributed by atoms with van der Waals surface area (Å²) in [7, 11) is 0. The van der Waals surface area contributed by atoms with E-state index in [1.165, 1.54) is 135 Å². The molecule has 0 bridgehead atoms. The van der Waals surface area contributed by atoms with Crippen molar-refractivity contribution in [3.8, 4) is 11.1 Å². The number of anilines is 6. The maximum Gasteiger partial charge on any atom is 0.0464 e. The number of hydrogen-bond donors (Lipinski definition) is 0. The van der Waals surface area contributed by atoms with Crippen LogP contribution >= 0.6 is 0 Å². The Hall–Kier alpha value is -5.08. The van der Waals surface area contributed by atoms with E-state index in [9.17, 15) is 0 Å². The molecule has 0 aliphatic rings. The van der Waals surface area contributed by atoms with Crippen LogP contribution in [0.4, 0.5) is 34.1 Å². The first-order valence-electron chi connectivity index (χ1n) is 21.7. The molecule has 6 aromatic carbocycles. The van der Waals surface area contributed by atoms with Gasteiger partial charge in [0.2, 0.25) is 0 Å². The highest BCUT2D eigenvalue weighted by molar-refractivity contribution is 5.83. The molecule has 0 atom stereocenters. The van der Waals surface area contributed by atoms with Crippen molar-refractivity contribution >= 4 is 34.1 Å². The second kappa shape index (κ2) is 21.9. The van der Waals surface area contributed by atoms with E-state index in [0.717, 1.165) is 11.4 Å². The van der Waals surface area contributed by atoms with Crippen molar-refractivity contribution in [2.24, 2.45) is 0 Å². The maximum absolute atomic E-state index is 2.56. The summed E-state index contributed by atoms with van der Waals surface area (Å²) in [6, 6.07) is 57.7. The number of aryl methyl sites for hydroxylation is 1. The molecule has 0 radical (unpaired) electrons. The van der Waals surface area contributed by atoms with Gasteiger partial charge in [0, 0.05) is 34.1 Å². The lowest BCUT2D eigenvalue weighted by Crippen LogP contribution is -2.12. The first-order chi connectivity index (χ1) is 27.7. The largest absolute Gasteiger partial charge is 0.310 e. The molecule has 0 saturated heterocycles. The first-order valence-corrected chi connectivity index (χ1v) is 21.7. The van der Waals surface area contributed by atoms with E-state index in [4.69, 9.17) is 0 Å². The highest BCUT2D eigenvalue weighted by atomic mass is 15.1. The topological polar surface area (TPSA) is 6.48 Å². The summed E-state index contributed by atoms with van der Waals surface area (Å²) in [5.74, 6) is 0.500. The Morgan fingerprint density at radius 1 is 0.357 bits per heavy atom. The van der Waals surface area contributed by atoms with Crippen molar-refractivity contribution < 1.29 is 0 Å². The van der Waals surface area contributed by atoms with Crippen LogP contribution in [0.25, 0.3) is 11.1 Å². The van der Waals surface area contributed by atoms with Gasteiger partial charge in [0.25, 0.3) is 0 Å². The lowest BCUT2D eigenvalue weighted by Gasteiger charge is -2.29. The summed E-state index contributed by atoms with van der Waals surface area (Å²) in [5.41, 5.74) is 12.6. The van der Waals surface area contributed by atoms with Gasteiger partial charge in [-0.3, -0.25) is 0 Å². The van der Waals surface area contributed by atoms with Gasteiger partial charge in [-0.05, 0) is 121 Å². The molecular weight excluding hydrogens is 677 g/mol. The Labute approximate surface area is 339 Å². The average Bonchev–Trinajstić information content (AvgIpc) is 3.24. The molecule has 0 aliphatic heterocycles. The number of unbranched alkanes of at least 4 members (excludes halogenated alkanes) is 10. The van der Waals surface area contributed by atoms with Gasteiger partial charge in [0.05, 0.1) is 0 Å². The van der Waals surface area contributed by atoms with Gasteiger partial charge in [-0.15, -0.1) is 0 Å². The van der Waals surface area contributed by atoms with Crippen LogP contribution in [0.1, 0.15) is 121 Å². The molecule has 0 saturated carbocycles. The lowest BCUT2D eigenvalue weighted by molar-refractivity contribution is 0.487. The highest BCUT2D eigenvalue weighted by Gasteiger charge is 2.22. The van der Waals surface area contributed by atoms with E-state index in [-0.39, 0.29) is 0 Å². The molecule has 2 heteroatoms. The van der Waals surface area contributed by atoms with Crippen LogP contribution in [0.3, 0.4) is 0 Å². The predicted octanol–water partition coefficient (Wildman–Crippen LogP) is 17.2. The van der Waals surface area contributed by atoms with Crippen molar-refractivity contribution in [3.05, 3.63) is 169 Å². The quantitative estimate of drug-likeness (QED) is 0.0640. The fourth-order valence-electron chi connectivity index (χ4n) is 8.36. The second-order valence-corrected chi connectivity index (χ2v) is 15.6. The monoisotopic (exact) mass is 741 g/mol. The third-order valence-electron chi connectivity index (χ3n) is 11.4. The molecule has 0 spiro atoms. The normalized spacial score (nSPS) is 11.2. The van der Waals surface area contributed by atoms with Crippen molar-refractivity contribution in [3.63, 3.8) is 0 Å². The van der Waals surface area contributed by atoms with Crippen LogP contribution in [0.2, 0.25) is 0 Å². The van der Waals surface area contributed by atoms with Crippen molar-refractivity contribution in [1.82, 2.24) is 0 Å². The lowest BCUT2D eigenvalue weighted by atomic mass is 9.82. The zero-order chi connectivity index (χ0) is 38.8. The molecule has 0 fully saturated rings. The molecule has 0 aliphatic carbocycles. The number of benzene rings is 6. The van der Waals surface area contributed by atoms with E-state index in [0.29, 0.717) is 5.92 Å². The van der Waals surface area contributed by atoms with Crippen LogP contribution < -0.4 is 9.80 Å². The van der Waals surface area contributed by atoms with Gasteiger partial charge >= 0.3 is 0 Å². The van der Waals surface area contributed by atoms with E-state index >= 15 is 0 Å². The Morgan fingerprint density at radius 3 is 1.11 bits per heavy atom. The number of rotatable bonds is 22. The van der Waals surface area contributed by atoms with E-state index < -0.39 is 0 Å². The molecule has 2 nitrogen and oxygen atoms in total. The minimum Gasteiger partial charge on any atom is -0.310 e. The fourth-order valence-corrected chi connectivity index (χ4v) is 8.36. The fraction of sp³-hybridized carbons (Fsp3) is 0.333. The number of hydrogen-bond acceptors (Lipinski definition) is 2. The predicted molar refractivity (Wildman–Crippen MR) is 245 cm³/mol. The van der Waals surface area contributed by atoms with Crippen LogP contribution in [0.15, 0.2) is 158 Å². The zero-order valence-electron chi connectivity index (χ0n) is 34.4. The van der Waals surface area contributed by atoms with Gasteiger partial charge in [-0.25, -0.2) is 0 Å². The van der Waals surface area contributed by atoms with Crippen LogP contribution in [0, 0.1) is 6.92 Å². The third-order valence-corrected chi connectivity index (χ3v) is 11.4. The van der Waals surface area contributed by atoms with Gasteiger partial charge in [0.15, 0.2) is 0 Å². The Balaban J connectivity index is 1.43. The van der Waals surface area contributed by atoms with E-state index in [2.05, 4.69) is 188 Å². The molecule has 0 unspecified atom stereocenters. The Bertz CT molecular complexity index is 1890. The molecule has 0 N–H and O–H groups in total. The second-order valence-electron chi connectivity index (χ2n) is 15.6. The molecule has 0 amide bonds. The van der Waals surface area contributed by atoms with Crippen LogP contribution in [-0.4, -0.2) is 0 Å². The third kappa shape index (κ3) is 11.0. The smallest absolute Gasteiger partial charge is 0.0464 e. The molecule has 290 valence electrons. The summed E-state index contributed by atoms with van der Waals surface area (Å²) in [6.45, 7) is 6.94. The van der Waals surface area contributed by atoms with E-state index in [1.54, 1.807) is 0 Å². The van der Waals surface area contributed by atoms with Gasteiger partial charge in [-0.1, -0.05) is 176 Å². The molecule has 0 aromatic heterocycles. The van der Waals surface area contributed by atoms with Crippen molar-refractivity contribution in [2.45, 2.75) is 117 Å². The Kier molecular flexibility index (Phi) is 15.8.